The van der Waals surface area contributed by atoms with Crippen LogP contribution in [0.15, 0.2) is 5.38 Å². The van der Waals surface area contributed by atoms with Crippen LogP contribution in [0.1, 0.15) is 68.1 Å². The lowest BCUT2D eigenvalue weighted by Gasteiger charge is -2.32. The monoisotopic (exact) mass is 342 g/mol. The fourth-order valence-corrected chi connectivity index (χ4v) is 3.23. The summed E-state index contributed by atoms with van der Waals surface area (Å²) in [5.41, 5.74) is -0.0578. The van der Waals surface area contributed by atoms with E-state index in [-0.39, 0.29) is 23.6 Å². The number of rotatable bonds is 9. The molecule has 2 N–H and O–H groups in total. The molecule has 0 aliphatic heterocycles. The highest BCUT2D eigenvalue weighted by Gasteiger charge is 2.27. The van der Waals surface area contributed by atoms with E-state index in [0.29, 0.717) is 17.8 Å². The number of thiazole rings is 1. The zero-order chi connectivity index (χ0) is 17.6. The van der Waals surface area contributed by atoms with Gasteiger partial charge in [-0.25, -0.2) is 9.78 Å². The lowest BCUT2D eigenvalue weighted by atomic mass is 9.96. The van der Waals surface area contributed by atoms with Crippen LogP contribution < -0.4 is 0 Å². The first-order valence-electron chi connectivity index (χ1n) is 7.90. The third-order valence-corrected chi connectivity index (χ3v) is 4.84. The molecular weight excluding hydrogens is 316 g/mol. The van der Waals surface area contributed by atoms with Crippen LogP contribution in [0, 0.1) is 5.92 Å². The van der Waals surface area contributed by atoms with Crippen LogP contribution in [0.4, 0.5) is 0 Å². The van der Waals surface area contributed by atoms with Crippen LogP contribution in [0.25, 0.3) is 0 Å². The molecule has 1 aromatic rings. The van der Waals surface area contributed by atoms with E-state index in [0.717, 1.165) is 24.2 Å². The maximum Gasteiger partial charge on any atom is 0.355 e. The average molecular weight is 342 g/mol. The van der Waals surface area contributed by atoms with Crippen molar-refractivity contribution in [2.45, 2.75) is 58.6 Å². The normalized spacial score (nSPS) is 13.8. The number of carbonyl (C=O) groups excluding carboxylic acids is 1. The largest absolute Gasteiger partial charge is 0.476 e. The Morgan fingerprint density at radius 3 is 2.52 bits per heavy atom. The molecule has 0 saturated carbocycles. The number of hydrogen-bond acceptors (Lipinski definition) is 5. The Kier molecular flexibility index (Phi) is 7.64. The van der Waals surface area contributed by atoms with Crippen molar-refractivity contribution in [3.63, 3.8) is 0 Å². The molecule has 23 heavy (non-hydrogen) atoms. The highest BCUT2D eigenvalue weighted by molar-refractivity contribution is 7.09. The summed E-state index contributed by atoms with van der Waals surface area (Å²) >= 11 is 1.13. The van der Waals surface area contributed by atoms with E-state index in [1.165, 1.54) is 5.38 Å². The third-order valence-electron chi connectivity index (χ3n) is 3.90. The molecule has 0 fully saturated rings. The molecule has 0 aliphatic rings. The number of carboxylic acid groups (broad SMARTS) is 1. The van der Waals surface area contributed by atoms with E-state index in [1.807, 2.05) is 20.8 Å². The quantitative estimate of drug-likeness (QED) is 0.720. The summed E-state index contributed by atoms with van der Waals surface area (Å²) in [5, 5.41) is 21.1. The van der Waals surface area contributed by atoms with Gasteiger partial charge < -0.3 is 15.1 Å². The number of aromatic carboxylic acids is 1. The van der Waals surface area contributed by atoms with Crippen molar-refractivity contribution in [1.82, 2.24) is 9.88 Å². The van der Waals surface area contributed by atoms with Gasteiger partial charge in [-0.3, -0.25) is 4.79 Å². The molecule has 0 saturated heterocycles. The summed E-state index contributed by atoms with van der Waals surface area (Å²) in [6.45, 7) is 6.05. The third kappa shape index (κ3) is 5.58. The molecule has 0 bridgehead atoms. The molecule has 1 amide bonds. The molecule has 0 spiro atoms. The fraction of sp³-hybridized carbons (Fsp3) is 0.688. The van der Waals surface area contributed by atoms with Crippen molar-refractivity contribution in [1.29, 1.82) is 0 Å². The Bertz CT molecular complexity index is 530. The lowest BCUT2D eigenvalue weighted by molar-refractivity contribution is -0.133. The van der Waals surface area contributed by atoms with E-state index >= 15 is 0 Å². The summed E-state index contributed by atoms with van der Waals surface area (Å²) < 4.78 is 0. The van der Waals surface area contributed by atoms with Crippen molar-refractivity contribution >= 4 is 23.2 Å². The van der Waals surface area contributed by atoms with Gasteiger partial charge in [-0.1, -0.05) is 27.2 Å². The zero-order valence-electron chi connectivity index (χ0n) is 14.2. The second-order valence-electron chi connectivity index (χ2n) is 6.05. The second-order valence-corrected chi connectivity index (χ2v) is 6.94. The smallest absolute Gasteiger partial charge is 0.355 e. The van der Waals surface area contributed by atoms with E-state index in [2.05, 4.69) is 4.98 Å². The Morgan fingerprint density at radius 1 is 1.39 bits per heavy atom. The average Bonchev–Trinajstić information content (AvgIpc) is 2.99. The zero-order valence-corrected chi connectivity index (χ0v) is 15.0. The van der Waals surface area contributed by atoms with Crippen molar-refractivity contribution in [2.75, 3.05) is 7.05 Å². The van der Waals surface area contributed by atoms with Gasteiger partial charge in [0.15, 0.2) is 5.69 Å². The number of aliphatic hydroxyl groups is 1. The topological polar surface area (TPSA) is 90.7 Å². The van der Waals surface area contributed by atoms with Gasteiger partial charge in [0.25, 0.3) is 0 Å². The predicted octanol–water partition coefficient (Wildman–Crippen LogP) is 2.94. The number of amides is 1. The van der Waals surface area contributed by atoms with Gasteiger partial charge in [-0.05, 0) is 12.3 Å². The highest BCUT2D eigenvalue weighted by Crippen LogP contribution is 2.27. The molecule has 0 aromatic carbocycles. The lowest BCUT2D eigenvalue weighted by Crippen LogP contribution is -2.41. The van der Waals surface area contributed by atoms with Gasteiger partial charge >= 0.3 is 5.97 Å². The SMILES string of the molecule is CCCCC(=O)N(C)[C@H](C[C@@H](O)c1nc(C(=O)O)cs1)C(C)C. The first kappa shape index (κ1) is 19.6. The van der Waals surface area contributed by atoms with Crippen LogP contribution in [0.2, 0.25) is 0 Å². The van der Waals surface area contributed by atoms with Crippen molar-refractivity contribution < 1.29 is 19.8 Å². The van der Waals surface area contributed by atoms with Crippen LogP contribution in [-0.4, -0.2) is 45.1 Å². The Hall–Kier alpha value is -1.47. The van der Waals surface area contributed by atoms with Crippen LogP contribution in [0.3, 0.4) is 0 Å². The summed E-state index contributed by atoms with van der Waals surface area (Å²) in [5.74, 6) is -0.853. The second kappa shape index (κ2) is 8.98. The number of aliphatic hydroxyl groups excluding tert-OH is 1. The molecule has 7 heteroatoms. The molecule has 0 radical (unpaired) electrons. The van der Waals surface area contributed by atoms with E-state index in [1.54, 1.807) is 11.9 Å². The first-order chi connectivity index (χ1) is 10.8. The van der Waals surface area contributed by atoms with E-state index in [9.17, 15) is 14.7 Å². The number of carboxylic acids is 1. The Balaban J connectivity index is 2.77. The van der Waals surface area contributed by atoms with Crippen molar-refractivity contribution in [2.24, 2.45) is 5.92 Å². The van der Waals surface area contributed by atoms with Gasteiger partial charge in [0, 0.05) is 31.3 Å². The van der Waals surface area contributed by atoms with Crippen LogP contribution in [0.5, 0.6) is 0 Å². The maximum absolute atomic E-state index is 12.2. The summed E-state index contributed by atoms with van der Waals surface area (Å²) in [4.78, 5) is 28.7. The number of carbonyl (C=O) groups is 2. The molecule has 6 nitrogen and oxygen atoms in total. The minimum absolute atomic E-state index is 0.0578. The van der Waals surface area contributed by atoms with Crippen molar-refractivity contribution in [3.05, 3.63) is 16.1 Å². The number of nitrogens with zero attached hydrogens (tertiary/aromatic N) is 2. The predicted molar refractivity (Wildman–Crippen MR) is 89.6 cm³/mol. The standard InChI is InChI=1S/C16H26N2O4S/c1-5-6-7-14(20)18(4)12(10(2)3)8-13(19)15-17-11(9-23-15)16(21)22/h9-10,12-13,19H,5-8H2,1-4H3,(H,21,22)/t12-,13-/m1/s1. The molecule has 1 aromatic heterocycles. The van der Waals surface area contributed by atoms with Gasteiger partial charge in [0.05, 0.1) is 0 Å². The molecular formula is C16H26N2O4S. The molecule has 1 heterocycles. The van der Waals surface area contributed by atoms with E-state index < -0.39 is 12.1 Å². The fourth-order valence-electron chi connectivity index (χ4n) is 2.44. The number of unbranched alkanes of at least 4 members (excludes halogenated alkanes) is 1. The molecule has 2 atom stereocenters. The Morgan fingerprint density at radius 2 is 2.04 bits per heavy atom. The molecule has 0 unspecified atom stereocenters. The highest BCUT2D eigenvalue weighted by atomic mass is 32.1. The van der Waals surface area contributed by atoms with Gasteiger partial charge in [-0.15, -0.1) is 11.3 Å². The minimum atomic E-state index is -1.10. The van der Waals surface area contributed by atoms with Crippen LogP contribution >= 0.6 is 11.3 Å². The number of hydrogen-bond donors (Lipinski definition) is 2. The van der Waals surface area contributed by atoms with E-state index in [4.69, 9.17) is 5.11 Å². The van der Waals surface area contributed by atoms with Gasteiger partial charge in [0.2, 0.25) is 5.91 Å². The first-order valence-corrected chi connectivity index (χ1v) is 8.78. The summed E-state index contributed by atoms with van der Waals surface area (Å²) in [6, 6.07) is -0.119. The molecule has 1 rings (SSSR count). The van der Waals surface area contributed by atoms with Crippen LogP contribution in [-0.2, 0) is 4.79 Å². The van der Waals surface area contributed by atoms with Gasteiger partial charge in [0.1, 0.15) is 11.1 Å². The Labute approximate surface area is 141 Å². The molecule has 130 valence electrons. The molecule has 0 aliphatic carbocycles. The summed E-state index contributed by atoms with van der Waals surface area (Å²) in [6.07, 6.45) is 1.80. The van der Waals surface area contributed by atoms with Crippen molar-refractivity contribution in [3.8, 4) is 0 Å². The number of aromatic nitrogens is 1. The maximum atomic E-state index is 12.2. The van der Waals surface area contributed by atoms with Gasteiger partial charge in [-0.2, -0.15) is 0 Å². The summed E-state index contributed by atoms with van der Waals surface area (Å²) in [7, 11) is 1.76. The minimum Gasteiger partial charge on any atom is -0.476 e.